The van der Waals surface area contributed by atoms with Crippen molar-refractivity contribution in [2.45, 2.75) is 213 Å². The molecule has 38 heavy (non-hydrogen) atoms. The van der Waals surface area contributed by atoms with Crippen LogP contribution in [0.15, 0.2) is 0 Å². The first-order valence-electron chi connectivity index (χ1n) is 18.1. The van der Waals surface area contributed by atoms with Gasteiger partial charge in [-0.3, -0.25) is 0 Å². The van der Waals surface area contributed by atoms with Crippen molar-refractivity contribution in [3.05, 3.63) is 0 Å². The van der Waals surface area contributed by atoms with Crippen molar-refractivity contribution >= 4 is 20.3 Å². The lowest BCUT2D eigenvalue weighted by Gasteiger charge is -2.18. The van der Waals surface area contributed by atoms with Crippen LogP contribution in [0.25, 0.3) is 0 Å². The van der Waals surface area contributed by atoms with Gasteiger partial charge in [0.05, 0.1) is 0 Å². The van der Waals surface area contributed by atoms with Gasteiger partial charge in [-0.05, 0) is 37.7 Å². The molecule has 0 radical (unpaired) electrons. The molecule has 0 aliphatic carbocycles. The maximum absolute atomic E-state index is 2.32. The fourth-order valence-electron chi connectivity index (χ4n) is 5.80. The first kappa shape index (κ1) is 40.9. The van der Waals surface area contributed by atoms with Crippen molar-refractivity contribution in [1.29, 1.82) is 0 Å². The topological polar surface area (TPSA) is 0 Å². The highest BCUT2D eigenvalue weighted by Crippen LogP contribution is 2.39. The third-order valence-corrected chi connectivity index (χ3v) is 11.3. The highest BCUT2D eigenvalue weighted by molar-refractivity contribution is 7.57. The minimum atomic E-state index is 0. The van der Waals surface area contributed by atoms with Crippen LogP contribution in [-0.2, 0) is 0 Å². The third kappa shape index (κ3) is 34.7. The van der Waals surface area contributed by atoms with Gasteiger partial charge in [0.15, 0.2) is 0 Å². The predicted molar refractivity (Wildman–Crippen MR) is 184 cm³/mol. The zero-order valence-corrected chi connectivity index (χ0v) is 28.9. The van der Waals surface area contributed by atoms with Crippen LogP contribution in [0.4, 0.5) is 0 Å². The van der Waals surface area contributed by atoms with Crippen LogP contribution >= 0.6 is 20.3 Å². The average Bonchev–Trinajstić information content (AvgIpc) is 2.91. The second-order valence-corrected chi connectivity index (χ2v) is 15.1. The minimum Gasteiger partial charge on any atom is -0.147 e. The summed E-state index contributed by atoms with van der Waals surface area (Å²) < 4.78 is 0. The van der Waals surface area contributed by atoms with Crippen molar-refractivity contribution < 1.29 is 0 Å². The molecule has 0 aromatic heterocycles. The van der Waals surface area contributed by atoms with Crippen molar-refractivity contribution in [3.63, 3.8) is 0 Å². The van der Waals surface area contributed by atoms with Crippen LogP contribution < -0.4 is 0 Å². The Kier molecular flexibility index (Phi) is 40.6. The fraction of sp³-hybridized carbons (Fsp3) is 1.00. The Morgan fingerprint density at radius 1 is 0.237 bits per heavy atom. The lowest BCUT2D eigenvalue weighted by molar-refractivity contribution is 0.560. The Labute approximate surface area is 251 Å². The van der Waals surface area contributed by atoms with Crippen LogP contribution in [-0.4, -0.2) is 18.5 Å². The second-order valence-electron chi connectivity index (χ2n) is 12.4. The molecule has 0 amide bonds. The molecule has 0 heterocycles. The van der Waals surface area contributed by atoms with Crippen molar-refractivity contribution in [1.82, 2.24) is 0 Å². The van der Waals surface area contributed by atoms with E-state index in [2.05, 4.69) is 20.8 Å². The first-order chi connectivity index (χ1) is 18.3. The highest BCUT2D eigenvalue weighted by Gasteiger charge is 2.08. The molecular weight excluding hydrogens is 499 g/mol. The minimum absolute atomic E-state index is 0. The Bertz CT molecular complexity index is 328. The number of halogens is 1. The molecule has 0 atom stereocenters. The zero-order valence-electron chi connectivity index (χ0n) is 27.2. The van der Waals surface area contributed by atoms with Crippen molar-refractivity contribution in [2.24, 2.45) is 0 Å². The quantitative estimate of drug-likeness (QED) is 0.0540. The first-order valence-corrected chi connectivity index (χ1v) is 20.0. The van der Waals surface area contributed by atoms with E-state index in [1.54, 1.807) is 18.5 Å². The van der Waals surface area contributed by atoms with E-state index >= 15 is 0 Å². The summed E-state index contributed by atoms with van der Waals surface area (Å²) in [5.74, 6) is 0. The number of unbranched alkanes of at least 4 members (excludes halogenated alkanes) is 27. The molecule has 0 nitrogen and oxygen atoms in total. The lowest BCUT2D eigenvalue weighted by Crippen LogP contribution is -1.97. The predicted octanol–water partition coefficient (Wildman–Crippen LogP) is 14.7. The largest absolute Gasteiger partial charge is 0.147 e. The van der Waals surface area contributed by atoms with Crippen LogP contribution in [0.1, 0.15) is 213 Å². The molecule has 0 fully saturated rings. The van der Waals surface area contributed by atoms with Crippen LogP contribution in [0.3, 0.4) is 0 Å². The molecule has 0 bridgehead atoms. The Hall–Kier alpha value is 0.720. The van der Waals surface area contributed by atoms with Gasteiger partial charge in [0.1, 0.15) is 0 Å². The molecule has 0 aliphatic heterocycles. The number of rotatable bonds is 33. The summed E-state index contributed by atoms with van der Waals surface area (Å²) in [5.41, 5.74) is 0. The van der Waals surface area contributed by atoms with E-state index < -0.39 is 0 Å². The summed E-state index contributed by atoms with van der Waals surface area (Å²) in [6, 6.07) is 0. The standard InChI is InChI=1S/C36H75P.ClH/c1-4-7-10-13-16-19-22-25-28-31-34-37(35-32-29-26-23-20-17-14-11-8-5-2)36-33-30-27-24-21-18-15-12-9-6-3;/h4-36H2,1-3H3;1H. The molecule has 0 unspecified atom stereocenters. The fourth-order valence-corrected chi connectivity index (χ4v) is 8.49. The molecule has 0 N–H and O–H groups in total. The zero-order chi connectivity index (χ0) is 26.9. The van der Waals surface area contributed by atoms with Crippen LogP contribution in [0, 0.1) is 0 Å². The summed E-state index contributed by atoms with van der Waals surface area (Å²) in [5, 5.41) is 0. The van der Waals surface area contributed by atoms with Crippen molar-refractivity contribution in [2.75, 3.05) is 18.5 Å². The summed E-state index contributed by atoms with van der Waals surface area (Å²) in [6.45, 7) is 6.96. The number of hydrogen-bond donors (Lipinski definition) is 0. The SMILES string of the molecule is CCCCCCCCCCCCP(CCCCCCCCCCCC)CCCCCCCCCCCC.Cl. The Morgan fingerprint density at radius 2 is 0.395 bits per heavy atom. The highest BCUT2D eigenvalue weighted by atomic mass is 35.5. The summed E-state index contributed by atoms with van der Waals surface area (Å²) in [7, 11) is 0.336. The molecule has 0 aliphatic rings. The molecular formula is C36H76ClP. The Balaban J connectivity index is 0. The molecule has 0 saturated heterocycles. The molecule has 0 saturated carbocycles. The van der Waals surface area contributed by atoms with Gasteiger partial charge >= 0.3 is 0 Å². The van der Waals surface area contributed by atoms with Gasteiger partial charge in [0.25, 0.3) is 0 Å². The third-order valence-electron chi connectivity index (χ3n) is 8.48. The molecule has 232 valence electrons. The van der Waals surface area contributed by atoms with Crippen molar-refractivity contribution in [3.8, 4) is 0 Å². The lowest BCUT2D eigenvalue weighted by atomic mass is 10.1. The van der Waals surface area contributed by atoms with Crippen LogP contribution in [0.5, 0.6) is 0 Å². The summed E-state index contributed by atoms with van der Waals surface area (Å²) in [6.07, 6.45) is 49.3. The van der Waals surface area contributed by atoms with Gasteiger partial charge in [-0.25, -0.2) is 0 Å². The summed E-state index contributed by atoms with van der Waals surface area (Å²) in [4.78, 5) is 0. The van der Waals surface area contributed by atoms with E-state index in [4.69, 9.17) is 0 Å². The monoisotopic (exact) mass is 575 g/mol. The molecule has 0 aromatic carbocycles. The second kappa shape index (κ2) is 37.7. The van der Waals surface area contributed by atoms with Gasteiger partial charge in [0.2, 0.25) is 0 Å². The average molecular weight is 575 g/mol. The summed E-state index contributed by atoms with van der Waals surface area (Å²) >= 11 is 0. The maximum Gasteiger partial charge on any atom is -0.0326 e. The van der Waals surface area contributed by atoms with E-state index in [9.17, 15) is 0 Å². The maximum atomic E-state index is 2.32. The van der Waals surface area contributed by atoms with E-state index in [1.807, 2.05) is 0 Å². The van der Waals surface area contributed by atoms with Crippen LogP contribution in [0.2, 0.25) is 0 Å². The molecule has 2 heteroatoms. The van der Waals surface area contributed by atoms with Gasteiger partial charge in [-0.2, -0.15) is 0 Å². The van der Waals surface area contributed by atoms with E-state index in [-0.39, 0.29) is 12.4 Å². The molecule has 0 aromatic rings. The van der Waals surface area contributed by atoms with Gasteiger partial charge < -0.3 is 0 Å². The normalized spacial score (nSPS) is 11.4. The Morgan fingerprint density at radius 3 is 0.579 bits per heavy atom. The van der Waals surface area contributed by atoms with E-state index in [1.165, 1.54) is 193 Å². The number of hydrogen-bond acceptors (Lipinski definition) is 0. The van der Waals surface area contributed by atoms with Gasteiger partial charge in [-0.15, -0.1) is 20.3 Å². The molecule has 0 rings (SSSR count). The van der Waals surface area contributed by atoms with E-state index in [0.717, 1.165) is 0 Å². The molecule has 0 spiro atoms. The van der Waals surface area contributed by atoms with E-state index in [0.29, 0.717) is 7.92 Å². The van der Waals surface area contributed by atoms with Gasteiger partial charge in [-0.1, -0.05) is 194 Å². The van der Waals surface area contributed by atoms with Gasteiger partial charge in [0, 0.05) is 0 Å². The smallest absolute Gasteiger partial charge is 0.0326 e.